The van der Waals surface area contributed by atoms with Gasteiger partial charge < -0.3 is 9.47 Å². The summed E-state index contributed by atoms with van der Waals surface area (Å²) in [5.41, 5.74) is 1.74. The number of fused-ring (bicyclic) bond motifs is 3. The Morgan fingerprint density at radius 3 is 1.61 bits per heavy atom. The Bertz CT molecular complexity index is 663. The van der Waals surface area contributed by atoms with E-state index < -0.39 is 0 Å². The molecule has 0 N–H and O–H groups in total. The Balaban J connectivity index is 2.32. The van der Waals surface area contributed by atoms with Crippen molar-refractivity contribution in [3.05, 3.63) is 36.7 Å². The summed E-state index contributed by atoms with van der Waals surface area (Å²) in [6.45, 7) is 0. The van der Waals surface area contributed by atoms with E-state index in [2.05, 4.69) is 9.97 Å². The van der Waals surface area contributed by atoms with Crippen molar-refractivity contribution in [1.29, 1.82) is 0 Å². The molecule has 0 radical (unpaired) electrons. The van der Waals surface area contributed by atoms with E-state index in [1.165, 1.54) is 0 Å². The highest BCUT2D eigenvalue weighted by atomic mass is 16.5. The van der Waals surface area contributed by atoms with Gasteiger partial charge >= 0.3 is 0 Å². The van der Waals surface area contributed by atoms with Crippen LogP contribution in [-0.2, 0) is 0 Å². The maximum Gasteiger partial charge on any atom is 0.137 e. The number of pyridine rings is 2. The lowest BCUT2D eigenvalue weighted by molar-refractivity contribution is 0.413. The zero-order valence-corrected chi connectivity index (χ0v) is 10.2. The van der Waals surface area contributed by atoms with Crippen LogP contribution in [0.5, 0.6) is 11.5 Å². The molecule has 0 aliphatic rings. The van der Waals surface area contributed by atoms with Crippen molar-refractivity contribution in [3.63, 3.8) is 0 Å². The SMILES string of the molecule is COc1cnc2c(ccc3cc(OC)cnc32)c1. The number of rotatable bonds is 2. The first-order valence-corrected chi connectivity index (χ1v) is 5.58. The molecule has 1 aromatic carbocycles. The third kappa shape index (κ3) is 1.62. The first-order valence-electron chi connectivity index (χ1n) is 5.58. The van der Waals surface area contributed by atoms with E-state index >= 15 is 0 Å². The maximum atomic E-state index is 5.17. The molecule has 0 unspecified atom stereocenters. The number of ether oxygens (including phenoxy) is 2. The number of nitrogens with zero attached hydrogens (tertiary/aromatic N) is 2. The van der Waals surface area contributed by atoms with Gasteiger partial charge in [0.2, 0.25) is 0 Å². The molecule has 0 saturated heterocycles. The average molecular weight is 240 g/mol. The van der Waals surface area contributed by atoms with Crippen LogP contribution < -0.4 is 9.47 Å². The zero-order valence-electron chi connectivity index (χ0n) is 10.2. The summed E-state index contributed by atoms with van der Waals surface area (Å²) >= 11 is 0. The molecule has 0 spiro atoms. The summed E-state index contributed by atoms with van der Waals surface area (Å²) in [4.78, 5) is 8.81. The summed E-state index contributed by atoms with van der Waals surface area (Å²) in [7, 11) is 3.26. The minimum Gasteiger partial charge on any atom is -0.495 e. The van der Waals surface area contributed by atoms with Crippen LogP contribution in [0.2, 0.25) is 0 Å². The Morgan fingerprint density at radius 1 is 0.778 bits per heavy atom. The molecule has 90 valence electrons. The molecule has 0 fully saturated rings. The fraction of sp³-hybridized carbons (Fsp3) is 0.143. The molecular weight excluding hydrogens is 228 g/mol. The van der Waals surface area contributed by atoms with Gasteiger partial charge in [-0.15, -0.1) is 0 Å². The minimum absolute atomic E-state index is 0.746. The largest absolute Gasteiger partial charge is 0.495 e. The standard InChI is InChI=1S/C14H12N2O2/c1-17-11-5-9-3-4-10-6-12(18-2)8-16-14(10)13(9)15-7-11/h3-8H,1-2H3. The van der Waals surface area contributed by atoms with Crippen LogP contribution in [-0.4, -0.2) is 24.2 Å². The van der Waals surface area contributed by atoms with Crippen molar-refractivity contribution >= 4 is 21.8 Å². The first-order chi connectivity index (χ1) is 8.81. The van der Waals surface area contributed by atoms with E-state index in [1.807, 2.05) is 24.3 Å². The van der Waals surface area contributed by atoms with Gasteiger partial charge in [0.1, 0.15) is 11.5 Å². The van der Waals surface area contributed by atoms with Crippen molar-refractivity contribution in [1.82, 2.24) is 9.97 Å². The zero-order chi connectivity index (χ0) is 12.5. The predicted molar refractivity (Wildman–Crippen MR) is 70.1 cm³/mol. The van der Waals surface area contributed by atoms with E-state index in [1.54, 1.807) is 26.6 Å². The molecule has 3 aromatic rings. The van der Waals surface area contributed by atoms with Crippen LogP contribution in [0.15, 0.2) is 36.7 Å². The summed E-state index contributed by atoms with van der Waals surface area (Å²) in [6.07, 6.45) is 3.40. The van der Waals surface area contributed by atoms with Crippen molar-refractivity contribution < 1.29 is 9.47 Å². The van der Waals surface area contributed by atoms with Gasteiger partial charge in [-0.2, -0.15) is 0 Å². The Hall–Kier alpha value is -2.36. The quantitative estimate of drug-likeness (QED) is 0.646. The molecule has 4 heteroatoms. The fourth-order valence-corrected chi connectivity index (χ4v) is 1.98. The Kier molecular flexibility index (Phi) is 2.48. The molecule has 18 heavy (non-hydrogen) atoms. The van der Waals surface area contributed by atoms with Gasteiger partial charge in [-0.25, -0.2) is 0 Å². The van der Waals surface area contributed by atoms with Crippen LogP contribution in [0.4, 0.5) is 0 Å². The van der Waals surface area contributed by atoms with Crippen LogP contribution in [0.1, 0.15) is 0 Å². The number of hydrogen-bond donors (Lipinski definition) is 0. The maximum absolute atomic E-state index is 5.17. The number of benzene rings is 1. The lowest BCUT2D eigenvalue weighted by Gasteiger charge is -2.06. The molecule has 2 aromatic heterocycles. The van der Waals surface area contributed by atoms with Crippen LogP contribution >= 0.6 is 0 Å². The number of hydrogen-bond acceptors (Lipinski definition) is 4. The molecule has 0 atom stereocenters. The van der Waals surface area contributed by atoms with E-state index in [4.69, 9.17) is 9.47 Å². The highest BCUT2D eigenvalue weighted by Gasteiger charge is 2.05. The second-order valence-corrected chi connectivity index (χ2v) is 3.96. The smallest absolute Gasteiger partial charge is 0.137 e. The Labute approximate surface area is 104 Å². The van der Waals surface area contributed by atoms with Crippen LogP contribution in [0.25, 0.3) is 21.8 Å². The fourth-order valence-electron chi connectivity index (χ4n) is 1.98. The van der Waals surface area contributed by atoms with E-state index in [-0.39, 0.29) is 0 Å². The highest BCUT2D eigenvalue weighted by Crippen LogP contribution is 2.26. The summed E-state index contributed by atoms with van der Waals surface area (Å²) in [6, 6.07) is 7.92. The Morgan fingerprint density at radius 2 is 1.22 bits per heavy atom. The molecule has 0 aliphatic carbocycles. The van der Waals surface area contributed by atoms with E-state index in [0.29, 0.717) is 0 Å². The predicted octanol–water partition coefficient (Wildman–Crippen LogP) is 2.80. The van der Waals surface area contributed by atoms with Crippen LogP contribution in [0, 0.1) is 0 Å². The third-order valence-electron chi connectivity index (χ3n) is 2.92. The topological polar surface area (TPSA) is 44.2 Å². The van der Waals surface area contributed by atoms with Gasteiger partial charge in [0.25, 0.3) is 0 Å². The average Bonchev–Trinajstić information content (AvgIpc) is 2.45. The van der Waals surface area contributed by atoms with Crippen molar-refractivity contribution in [3.8, 4) is 11.5 Å². The summed E-state index contributed by atoms with van der Waals surface area (Å²) in [5, 5.41) is 2.03. The van der Waals surface area contributed by atoms with Gasteiger partial charge in [-0.1, -0.05) is 12.1 Å². The van der Waals surface area contributed by atoms with Gasteiger partial charge in [0, 0.05) is 10.8 Å². The second kappa shape index (κ2) is 4.14. The highest BCUT2D eigenvalue weighted by molar-refractivity contribution is 6.03. The molecule has 0 amide bonds. The normalized spacial score (nSPS) is 10.8. The second-order valence-electron chi connectivity index (χ2n) is 3.96. The van der Waals surface area contributed by atoms with Gasteiger partial charge in [0.05, 0.1) is 37.6 Å². The lowest BCUT2D eigenvalue weighted by Crippen LogP contribution is -1.90. The lowest BCUT2D eigenvalue weighted by atomic mass is 10.1. The molecule has 3 rings (SSSR count). The van der Waals surface area contributed by atoms with Gasteiger partial charge in [-0.3, -0.25) is 9.97 Å². The third-order valence-corrected chi connectivity index (χ3v) is 2.92. The van der Waals surface area contributed by atoms with Crippen LogP contribution in [0.3, 0.4) is 0 Å². The monoisotopic (exact) mass is 240 g/mol. The molecule has 0 saturated carbocycles. The summed E-state index contributed by atoms with van der Waals surface area (Å²) in [5.74, 6) is 1.49. The minimum atomic E-state index is 0.746. The molecule has 0 aliphatic heterocycles. The number of aromatic nitrogens is 2. The van der Waals surface area contributed by atoms with E-state index in [9.17, 15) is 0 Å². The first kappa shape index (κ1) is 10.8. The van der Waals surface area contributed by atoms with Gasteiger partial charge in [0.15, 0.2) is 0 Å². The molecular formula is C14H12N2O2. The summed E-state index contributed by atoms with van der Waals surface area (Å²) < 4.78 is 10.3. The molecule has 4 nitrogen and oxygen atoms in total. The molecule has 0 bridgehead atoms. The van der Waals surface area contributed by atoms with Crippen molar-refractivity contribution in [2.45, 2.75) is 0 Å². The molecule has 2 heterocycles. The van der Waals surface area contributed by atoms with Crippen molar-refractivity contribution in [2.75, 3.05) is 14.2 Å². The van der Waals surface area contributed by atoms with E-state index in [0.717, 1.165) is 33.3 Å². The van der Waals surface area contributed by atoms with Gasteiger partial charge in [-0.05, 0) is 12.1 Å². The number of methoxy groups -OCH3 is 2. The van der Waals surface area contributed by atoms with Crippen molar-refractivity contribution in [2.24, 2.45) is 0 Å².